The zero-order chi connectivity index (χ0) is 23.8. The van der Waals surface area contributed by atoms with Crippen molar-refractivity contribution in [1.29, 1.82) is 0 Å². The number of methoxy groups -OCH3 is 1. The zero-order valence-corrected chi connectivity index (χ0v) is 18.8. The number of aliphatic carboxylic acids is 1. The van der Waals surface area contributed by atoms with Crippen molar-refractivity contribution in [3.63, 3.8) is 0 Å². The van der Waals surface area contributed by atoms with Gasteiger partial charge in [0.2, 0.25) is 0 Å². The van der Waals surface area contributed by atoms with Gasteiger partial charge in [0.15, 0.2) is 0 Å². The quantitative estimate of drug-likeness (QED) is 0.327. The number of carboxylic acids is 1. The van der Waals surface area contributed by atoms with Crippen LogP contribution in [0.4, 0.5) is 10.5 Å². The van der Waals surface area contributed by atoms with Gasteiger partial charge in [-0.25, -0.2) is 9.59 Å². The van der Waals surface area contributed by atoms with Crippen LogP contribution in [0.3, 0.4) is 0 Å². The number of hydrogen-bond donors (Lipinski definition) is 1. The number of hydrogen-bond acceptors (Lipinski definition) is 7. The molecule has 0 unspecified atom stereocenters. The van der Waals surface area contributed by atoms with E-state index in [1.165, 1.54) is 35.2 Å². The Bertz CT molecular complexity index is 1010. The molecule has 1 amide bonds. The van der Waals surface area contributed by atoms with E-state index in [9.17, 15) is 19.7 Å². The minimum absolute atomic E-state index is 0.0354. The number of ether oxygens (including phenoxy) is 2. The average molecular weight is 473 g/mol. The van der Waals surface area contributed by atoms with Gasteiger partial charge < -0.3 is 19.5 Å². The normalized spacial score (nSPS) is 17.8. The highest BCUT2D eigenvalue weighted by Gasteiger charge is 2.35. The summed E-state index contributed by atoms with van der Waals surface area (Å²) in [7, 11) is 1.61. The third-order valence-corrected chi connectivity index (χ3v) is 6.47. The first-order valence-corrected chi connectivity index (χ1v) is 11.2. The summed E-state index contributed by atoms with van der Waals surface area (Å²) in [6.45, 7) is 0.390. The van der Waals surface area contributed by atoms with Crippen LogP contribution in [0.1, 0.15) is 17.5 Å². The monoisotopic (exact) mass is 472 g/mol. The zero-order valence-electron chi connectivity index (χ0n) is 18.0. The van der Waals surface area contributed by atoms with Crippen LogP contribution in [0.15, 0.2) is 60.7 Å². The highest BCUT2D eigenvalue weighted by atomic mass is 32.2. The Morgan fingerprint density at radius 2 is 1.85 bits per heavy atom. The van der Waals surface area contributed by atoms with E-state index in [1.54, 1.807) is 18.9 Å². The fourth-order valence-corrected chi connectivity index (χ4v) is 4.63. The maximum atomic E-state index is 12.7. The Labute approximate surface area is 195 Å². The van der Waals surface area contributed by atoms with Crippen molar-refractivity contribution in [2.45, 2.75) is 30.1 Å². The van der Waals surface area contributed by atoms with E-state index in [0.29, 0.717) is 18.5 Å². The van der Waals surface area contributed by atoms with Gasteiger partial charge >= 0.3 is 12.1 Å². The maximum absolute atomic E-state index is 12.7. The van der Waals surface area contributed by atoms with E-state index in [1.807, 2.05) is 24.3 Å². The number of carboxylic acid groups (broad SMARTS) is 1. The largest absolute Gasteiger partial charge is 0.497 e. The van der Waals surface area contributed by atoms with Gasteiger partial charge in [0.05, 0.1) is 18.1 Å². The van der Waals surface area contributed by atoms with Gasteiger partial charge in [0.1, 0.15) is 12.4 Å². The molecule has 3 rings (SSSR count). The molecule has 1 aliphatic rings. The first-order valence-electron chi connectivity index (χ1n) is 10.2. The van der Waals surface area contributed by atoms with Crippen molar-refractivity contribution in [2.75, 3.05) is 13.7 Å². The van der Waals surface area contributed by atoms with Gasteiger partial charge in [-0.2, -0.15) is 11.8 Å². The molecule has 2 atom stereocenters. The Kier molecular flexibility index (Phi) is 8.31. The number of likely N-dealkylation sites (tertiary alicyclic amines) is 1. The van der Waals surface area contributed by atoms with E-state index in [4.69, 9.17) is 14.6 Å². The summed E-state index contributed by atoms with van der Waals surface area (Å²) in [4.78, 5) is 35.5. The first-order chi connectivity index (χ1) is 15.9. The van der Waals surface area contributed by atoms with Crippen LogP contribution >= 0.6 is 11.8 Å². The van der Waals surface area contributed by atoms with E-state index >= 15 is 0 Å². The standard InChI is InChI=1S/C23H24N2O7S/c1-31-20-9-4-17(5-10-20)15-33-21-12-19(8-11-22(26)27)24(13-21)23(28)32-14-16-2-6-18(7-3-16)25(29)30/h2-11,19,21H,12-15H2,1H3,(H,26,27)/b11-8+/t19-,21+/m1/s1. The lowest BCUT2D eigenvalue weighted by molar-refractivity contribution is -0.384. The van der Waals surface area contributed by atoms with Gasteiger partial charge in [0.25, 0.3) is 5.69 Å². The minimum Gasteiger partial charge on any atom is -0.497 e. The Morgan fingerprint density at radius 3 is 2.45 bits per heavy atom. The topological polar surface area (TPSA) is 119 Å². The van der Waals surface area contributed by atoms with Gasteiger partial charge in [0, 0.05) is 35.8 Å². The van der Waals surface area contributed by atoms with Crippen LogP contribution in [0.25, 0.3) is 0 Å². The van der Waals surface area contributed by atoms with E-state index in [-0.39, 0.29) is 23.6 Å². The molecule has 9 nitrogen and oxygen atoms in total. The molecule has 33 heavy (non-hydrogen) atoms. The number of nitro groups is 1. The van der Waals surface area contributed by atoms with Crippen LogP contribution in [0.2, 0.25) is 0 Å². The van der Waals surface area contributed by atoms with Crippen LogP contribution in [0, 0.1) is 10.1 Å². The van der Waals surface area contributed by atoms with Gasteiger partial charge in [-0.3, -0.25) is 10.1 Å². The molecule has 0 saturated carbocycles. The molecule has 1 heterocycles. The lowest BCUT2D eigenvalue weighted by Gasteiger charge is -2.21. The second kappa shape index (κ2) is 11.4. The number of carbonyl (C=O) groups is 2. The van der Waals surface area contributed by atoms with Crippen molar-refractivity contribution >= 4 is 29.5 Å². The van der Waals surface area contributed by atoms with Crippen LogP contribution in [0.5, 0.6) is 5.75 Å². The highest BCUT2D eigenvalue weighted by Crippen LogP contribution is 2.31. The number of nitro benzene ring substituents is 1. The molecular formula is C23H24N2O7S. The molecule has 10 heteroatoms. The van der Waals surface area contributed by atoms with Gasteiger partial charge in [-0.1, -0.05) is 18.2 Å². The number of rotatable bonds is 9. The van der Waals surface area contributed by atoms with Crippen molar-refractivity contribution in [3.8, 4) is 5.75 Å². The van der Waals surface area contributed by atoms with Crippen molar-refractivity contribution in [3.05, 3.63) is 81.9 Å². The summed E-state index contributed by atoms with van der Waals surface area (Å²) in [6, 6.07) is 13.1. The van der Waals surface area contributed by atoms with Gasteiger partial charge in [-0.05, 0) is 41.8 Å². The predicted molar refractivity (Wildman–Crippen MR) is 123 cm³/mol. The molecule has 1 aliphatic heterocycles. The van der Waals surface area contributed by atoms with E-state index in [2.05, 4.69) is 0 Å². The van der Waals surface area contributed by atoms with Crippen molar-refractivity contribution in [1.82, 2.24) is 4.90 Å². The molecule has 0 aromatic heterocycles. The minimum atomic E-state index is -1.08. The fraction of sp³-hybridized carbons (Fsp3) is 0.304. The molecule has 1 N–H and O–H groups in total. The summed E-state index contributed by atoms with van der Waals surface area (Å²) < 4.78 is 10.6. The highest BCUT2D eigenvalue weighted by molar-refractivity contribution is 7.99. The van der Waals surface area contributed by atoms with Crippen LogP contribution in [-0.2, 0) is 21.9 Å². The Hall–Kier alpha value is -3.53. The van der Waals surface area contributed by atoms with Crippen molar-refractivity contribution in [2.24, 2.45) is 0 Å². The fourth-order valence-electron chi connectivity index (χ4n) is 3.41. The lowest BCUT2D eigenvalue weighted by Crippen LogP contribution is -2.35. The molecule has 0 spiro atoms. The molecule has 0 aliphatic carbocycles. The summed E-state index contributed by atoms with van der Waals surface area (Å²) in [6.07, 6.45) is 2.60. The van der Waals surface area contributed by atoms with E-state index < -0.39 is 17.0 Å². The van der Waals surface area contributed by atoms with E-state index in [0.717, 1.165) is 23.1 Å². The van der Waals surface area contributed by atoms with Gasteiger partial charge in [-0.15, -0.1) is 0 Å². The molecule has 1 saturated heterocycles. The SMILES string of the molecule is COc1ccc(CS[C@H]2C[C@@H](/C=C/C(=O)O)N(C(=O)OCc3ccc([N+](=O)[O-])cc3)C2)cc1. The second-order valence-corrected chi connectivity index (χ2v) is 8.70. The molecule has 0 radical (unpaired) electrons. The molecule has 0 bridgehead atoms. The Morgan fingerprint density at radius 1 is 1.18 bits per heavy atom. The maximum Gasteiger partial charge on any atom is 0.410 e. The average Bonchev–Trinajstić information content (AvgIpc) is 3.23. The smallest absolute Gasteiger partial charge is 0.410 e. The summed E-state index contributed by atoms with van der Waals surface area (Å²) >= 11 is 1.69. The molecular weight excluding hydrogens is 448 g/mol. The lowest BCUT2D eigenvalue weighted by atomic mass is 10.2. The predicted octanol–water partition coefficient (Wildman–Crippen LogP) is 4.26. The number of nitrogens with zero attached hydrogens (tertiary/aromatic N) is 2. The third-order valence-electron chi connectivity index (χ3n) is 5.15. The Balaban J connectivity index is 1.59. The molecule has 2 aromatic rings. The molecule has 174 valence electrons. The number of non-ortho nitro benzene ring substituents is 1. The summed E-state index contributed by atoms with van der Waals surface area (Å²) in [5.74, 6) is 0.448. The summed E-state index contributed by atoms with van der Waals surface area (Å²) in [5, 5.41) is 19.9. The number of carbonyl (C=O) groups excluding carboxylic acids is 1. The number of benzene rings is 2. The van der Waals surface area contributed by atoms with Crippen LogP contribution < -0.4 is 4.74 Å². The van der Waals surface area contributed by atoms with Crippen molar-refractivity contribution < 1.29 is 29.1 Å². The molecule has 1 fully saturated rings. The first kappa shape index (κ1) is 24.1. The second-order valence-electron chi connectivity index (χ2n) is 7.41. The summed E-state index contributed by atoms with van der Waals surface area (Å²) in [5.41, 5.74) is 1.70. The molecule has 2 aromatic carbocycles. The number of thioether (sulfide) groups is 1. The van der Waals surface area contributed by atoms with Crippen LogP contribution in [-0.4, -0.2) is 51.9 Å². The number of amides is 1. The third kappa shape index (κ3) is 6.98.